The van der Waals surface area contributed by atoms with Crippen LogP contribution in [0.25, 0.3) is 0 Å². The molecule has 9 nitrogen and oxygen atoms in total. The number of piperazine rings is 1. The Bertz CT molecular complexity index is 1020. The zero-order chi connectivity index (χ0) is 25.2. The molecule has 1 saturated heterocycles. The van der Waals surface area contributed by atoms with Crippen LogP contribution in [0.15, 0.2) is 54.6 Å². The van der Waals surface area contributed by atoms with Gasteiger partial charge in [-0.05, 0) is 36.6 Å². The van der Waals surface area contributed by atoms with E-state index in [1.54, 1.807) is 13.2 Å². The Kier molecular flexibility index (Phi) is 9.51. The van der Waals surface area contributed by atoms with Gasteiger partial charge in [-0.3, -0.25) is 4.90 Å². The maximum Gasteiger partial charge on any atom is 0.328 e. The molecule has 1 unspecified atom stereocenters. The number of methoxy groups -OCH3 is 1. The van der Waals surface area contributed by atoms with Crippen molar-refractivity contribution in [2.45, 2.75) is 18.9 Å². The molecule has 0 saturated carbocycles. The predicted molar refractivity (Wildman–Crippen MR) is 133 cm³/mol. The molecule has 2 aromatic carbocycles. The smallest absolute Gasteiger partial charge is 0.328 e. The number of ether oxygens (including phenoxy) is 1. The van der Waals surface area contributed by atoms with E-state index < -0.39 is 11.9 Å². The number of aliphatic carboxylic acids is 2. The maximum absolute atomic E-state index is 10.2. The van der Waals surface area contributed by atoms with Crippen molar-refractivity contribution < 1.29 is 29.6 Å². The number of hydrogen-bond donors (Lipinski definition) is 4. The highest BCUT2D eigenvalue weighted by Gasteiger charge is 2.25. The second kappa shape index (κ2) is 12.8. The second-order valence-corrected chi connectivity index (χ2v) is 8.44. The number of hydrogen-bond acceptors (Lipinski definition) is 7. The van der Waals surface area contributed by atoms with Crippen LogP contribution < -0.4 is 15.0 Å². The molecule has 4 rings (SSSR count). The van der Waals surface area contributed by atoms with Gasteiger partial charge in [0.05, 0.1) is 7.11 Å². The van der Waals surface area contributed by atoms with Crippen LogP contribution in [-0.2, 0) is 16.0 Å². The molecule has 0 spiro atoms. The average Bonchev–Trinajstić information content (AvgIpc) is 3.28. The molecule has 2 aliphatic rings. The second-order valence-electron chi connectivity index (χ2n) is 8.44. The van der Waals surface area contributed by atoms with Crippen molar-refractivity contribution >= 4 is 17.6 Å². The van der Waals surface area contributed by atoms with Crippen LogP contribution in [0.1, 0.15) is 23.6 Å². The van der Waals surface area contributed by atoms with Crippen molar-refractivity contribution in [3.8, 4) is 11.5 Å². The van der Waals surface area contributed by atoms with Gasteiger partial charge in [0.2, 0.25) is 0 Å². The third-order valence-corrected chi connectivity index (χ3v) is 6.20. The molecule has 0 radical (unpaired) electrons. The molecule has 1 fully saturated rings. The van der Waals surface area contributed by atoms with E-state index >= 15 is 0 Å². The first-order valence-corrected chi connectivity index (χ1v) is 11.7. The van der Waals surface area contributed by atoms with Gasteiger partial charge in [-0.2, -0.15) is 0 Å². The number of carboxylic acid groups (broad SMARTS) is 2. The fourth-order valence-electron chi connectivity index (χ4n) is 4.44. The number of carboxylic acids is 2. The molecule has 1 atom stereocenters. The van der Waals surface area contributed by atoms with Crippen LogP contribution in [0.2, 0.25) is 0 Å². The molecule has 2 aromatic rings. The molecular weight excluding hydrogens is 450 g/mol. The van der Waals surface area contributed by atoms with Crippen molar-refractivity contribution in [3.05, 3.63) is 65.7 Å². The van der Waals surface area contributed by atoms with E-state index in [1.165, 1.54) is 11.3 Å². The Labute approximate surface area is 205 Å². The minimum atomic E-state index is -1.26. The van der Waals surface area contributed by atoms with Gasteiger partial charge < -0.3 is 30.3 Å². The summed E-state index contributed by atoms with van der Waals surface area (Å²) in [7, 11) is 1.71. The Morgan fingerprint density at radius 3 is 2.40 bits per heavy atom. The van der Waals surface area contributed by atoms with E-state index in [2.05, 4.69) is 39.4 Å². The van der Waals surface area contributed by atoms with Crippen molar-refractivity contribution in [2.24, 2.45) is 0 Å². The fraction of sp³-hybridized carbons (Fsp3) is 0.385. The lowest BCUT2D eigenvalue weighted by Crippen LogP contribution is -2.48. The van der Waals surface area contributed by atoms with Crippen LogP contribution in [0, 0.1) is 0 Å². The number of phenolic OH excluding ortho intramolecular Hbond substituents is 1. The van der Waals surface area contributed by atoms with Gasteiger partial charge in [0.1, 0.15) is 11.5 Å². The monoisotopic (exact) mass is 483 g/mol. The van der Waals surface area contributed by atoms with E-state index in [9.17, 15) is 14.7 Å². The average molecular weight is 484 g/mol. The molecule has 0 aromatic heterocycles. The summed E-state index contributed by atoms with van der Waals surface area (Å²) in [5, 5.41) is 29.4. The zero-order valence-corrected chi connectivity index (χ0v) is 19.9. The van der Waals surface area contributed by atoms with Crippen LogP contribution in [0.5, 0.6) is 11.5 Å². The molecule has 4 N–H and O–H groups in total. The normalized spacial score (nSPS) is 17.5. The number of anilines is 1. The largest absolute Gasteiger partial charge is 0.508 e. The lowest BCUT2D eigenvalue weighted by molar-refractivity contribution is -0.134. The molecule has 9 heteroatoms. The number of phenols is 1. The summed E-state index contributed by atoms with van der Waals surface area (Å²) in [6, 6.07) is 14.5. The molecule has 1 aliphatic heterocycles. The lowest BCUT2D eigenvalue weighted by Gasteiger charge is -2.36. The van der Waals surface area contributed by atoms with E-state index in [0.717, 1.165) is 63.4 Å². The van der Waals surface area contributed by atoms with E-state index in [0.29, 0.717) is 23.9 Å². The van der Waals surface area contributed by atoms with E-state index in [1.807, 2.05) is 12.1 Å². The fourth-order valence-corrected chi connectivity index (χ4v) is 4.44. The van der Waals surface area contributed by atoms with Gasteiger partial charge in [-0.25, -0.2) is 9.59 Å². The first kappa shape index (κ1) is 26.1. The highest BCUT2D eigenvalue weighted by atomic mass is 16.5. The molecule has 188 valence electrons. The van der Waals surface area contributed by atoms with Crippen molar-refractivity contribution in [1.29, 1.82) is 0 Å². The number of rotatable bonds is 8. The summed E-state index contributed by atoms with van der Waals surface area (Å²) in [4.78, 5) is 24.1. The third-order valence-electron chi connectivity index (χ3n) is 6.20. The third kappa shape index (κ3) is 7.73. The molecule has 1 aliphatic carbocycles. The molecule has 0 bridgehead atoms. The summed E-state index contributed by atoms with van der Waals surface area (Å²) < 4.78 is 5.34. The number of fused-ring (bicyclic) bond motifs is 1. The summed E-state index contributed by atoms with van der Waals surface area (Å²) in [5.74, 6) is -1.16. The van der Waals surface area contributed by atoms with Gasteiger partial charge in [-0.1, -0.05) is 18.2 Å². The van der Waals surface area contributed by atoms with Crippen LogP contribution in [0.4, 0.5) is 5.69 Å². The van der Waals surface area contributed by atoms with E-state index in [-0.39, 0.29) is 0 Å². The Balaban J connectivity index is 0.000000371. The van der Waals surface area contributed by atoms with Crippen LogP contribution >= 0.6 is 0 Å². The predicted octanol–water partition coefficient (Wildman–Crippen LogP) is 2.51. The summed E-state index contributed by atoms with van der Waals surface area (Å²) in [6.07, 6.45) is 3.25. The Hall–Kier alpha value is -3.56. The zero-order valence-electron chi connectivity index (χ0n) is 19.9. The number of carbonyl (C=O) groups is 2. The minimum Gasteiger partial charge on any atom is -0.508 e. The lowest BCUT2D eigenvalue weighted by atomic mass is 10.1. The van der Waals surface area contributed by atoms with Crippen LogP contribution in [0.3, 0.4) is 0 Å². The molecular formula is C26H33N3O6. The first-order chi connectivity index (χ1) is 16.9. The molecule has 35 heavy (non-hydrogen) atoms. The highest BCUT2D eigenvalue weighted by molar-refractivity contribution is 5.89. The highest BCUT2D eigenvalue weighted by Crippen LogP contribution is 2.37. The first-order valence-electron chi connectivity index (χ1n) is 11.7. The van der Waals surface area contributed by atoms with Crippen molar-refractivity contribution in [2.75, 3.05) is 51.3 Å². The molecule has 1 heterocycles. The van der Waals surface area contributed by atoms with Crippen molar-refractivity contribution in [3.63, 3.8) is 0 Å². The minimum absolute atomic E-state index is 0.291. The van der Waals surface area contributed by atoms with E-state index in [4.69, 9.17) is 14.9 Å². The number of aryl methyl sites for hydroxylation is 1. The summed E-state index contributed by atoms with van der Waals surface area (Å²) >= 11 is 0. The topological polar surface area (TPSA) is 123 Å². The Morgan fingerprint density at radius 2 is 1.74 bits per heavy atom. The van der Waals surface area contributed by atoms with Gasteiger partial charge in [0, 0.05) is 74.8 Å². The summed E-state index contributed by atoms with van der Waals surface area (Å²) in [5.41, 5.74) is 3.64. The van der Waals surface area contributed by atoms with Gasteiger partial charge in [-0.15, -0.1) is 0 Å². The number of aromatic hydroxyl groups is 1. The maximum atomic E-state index is 10.2. The molecule has 0 amide bonds. The Morgan fingerprint density at radius 1 is 1.06 bits per heavy atom. The summed E-state index contributed by atoms with van der Waals surface area (Å²) in [6.45, 7) is 6.24. The van der Waals surface area contributed by atoms with Crippen molar-refractivity contribution in [1.82, 2.24) is 10.2 Å². The van der Waals surface area contributed by atoms with Gasteiger partial charge in [0.25, 0.3) is 0 Å². The number of benzene rings is 2. The number of nitrogens with one attached hydrogen (secondary N) is 1. The standard InChI is InChI=1S/C22H29N3O2.C4H4O4/c1-27-19-6-3-5-18(16-19)25-14-12-24(13-15-25)11-10-23-20-9-8-17-4-2-7-21(26)22(17)20;5-3(6)1-2-4(7)8/h2-7,16,20,23,26H,8-15H2,1H3;1-2H,(H,5,6)(H,7,8). The van der Waals surface area contributed by atoms with Crippen LogP contribution in [-0.4, -0.2) is 78.5 Å². The SMILES string of the molecule is COc1cccc(N2CCN(CCNC3CCc4cccc(O)c43)CC2)c1.O=C(O)C=CC(=O)O. The quantitative estimate of drug-likeness (QED) is 0.420. The van der Waals surface area contributed by atoms with Gasteiger partial charge in [0.15, 0.2) is 0 Å². The van der Waals surface area contributed by atoms with Gasteiger partial charge >= 0.3 is 11.9 Å². The number of nitrogens with zero attached hydrogens (tertiary/aromatic N) is 2.